The van der Waals surface area contributed by atoms with E-state index in [-0.39, 0.29) is 17.7 Å². The molecule has 0 saturated carbocycles. The number of carbonyl (C=O) groups excluding carboxylic acids is 1. The molecule has 3 rings (SSSR count). The molecule has 0 spiro atoms. The fourth-order valence-electron chi connectivity index (χ4n) is 2.53. The van der Waals surface area contributed by atoms with E-state index in [1.807, 2.05) is 32.0 Å². The number of carbonyl (C=O) groups is 1. The topological polar surface area (TPSA) is 81.2 Å². The molecule has 26 heavy (non-hydrogen) atoms. The van der Waals surface area contributed by atoms with Crippen molar-refractivity contribution < 1.29 is 13.6 Å². The fraction of sp³-hybridized carbons (Fsp3) is 0.316. The highest BCUT2D eigenvalue weighted by molar-refractivity contribution is 7.99. The first-order valence-corrected chi connectivity index (χ1v) is 9.44. The highest BCUT2D eigenvalue weighted by Gasteiger charge is 2.15. The summed E-state index contributed by atoms with van der Waals surface area (Å²) >= 11 is 1.23. The summed E-state index contributed by atoms with van der Waals surface area (Å²) < 4.78 is 10.8. The van der Waals surface area contributed by atoms with Gasteiger partial charge in [-0.15, -0.1) is 10.2 Å². The van der Waals surface area contributed by atoms with Crippen molar-refractivity contribution in [2.75, 3.05) is 5.75 Å². The van der Waals surface area contributed by atoms with E-state index in [9.17, 15) is 4.79 Å². The normalized spacial score (nSPS) is 12.1. The van der Waals surface area contributed by atoms with Gasteiger partial charge in [0.25, 0.3) is 11.1 Å². The minimum Gasteiger partial charge on any atom is -0.469 e. The van der Waals surface area contributed by atoms with Crippen molar-refractivity contribution in [2.24, 2.45) is 0 Å². The second-order valence-electron chi connectivity index (χ2n) is 6.05. The molecule has 0 aliphatic heterocycles. The Balaban J connectivity index is 1.42. The average molecular weight is 371 g/mol. The predicted molar refractivity (Wildman–Crippen MR) is 99.8 cm³/mol. The van der Waals surface area contributed by atoms with Crippen LogP contribution in [0.15, 0.2) is 56.7 Å². The Kier molecular flexibility index (Phi) is 6.12. The van der Waals surface area contributed by atoms with Crippen LogP contribution in [0.3, 0.4) is 0 Å². The van der Waals surface area contributed by atoms with Crippen LogP contribution in [0.4, 0.5) is 0 Å². The standard InChI is InChI=1S/C19H21N3O3S/c1-13(8-9-15-6-4-3-5-7-15)20-17(23)12-26-19-22-21-18(25-19)16-10-11-24-14(16)2/h3-7,10-11,13H,8-9,12H2,1-2H3,(H,20,23)/t13-/m1/s1. The number of furan rings is 1. The van der Waals surface area contributed by atoms with Crippen LogP contribution < -0.4 is 5.32 Å². The van der Waals surface area contributed by atoms with Crippen molar-refractivity contribution in [3.05, 3.63) is 54.0 Å². The number of hydrogen-bond donors (Lipinski definition) is 1. The lowest BCUT2D eigenvalue weighted by atomic mass is 10.1. The number of amides is 1. The summed E-state index contributed by atoms with van der Waals surface area (Å²) in [5.41, 5.74) is 2.04. The zero-order chi connectivity index (χ0) is 18.4. The van der Waals surface area contributed by atoms with Gasteiger partial charge in [-0.2, -0.15) is 0 Å². The Morgan fingerprint density at radius 2 is 2.04 bits per heavy atom. The first-order valence-electron chi connectivity index (χ1n) is 8.46. The van der Waals surface area contributed by atoms with Gasteiger partial charge in [0.05, 0.1) is 17.6 Å². The van der Waals surface area contributed by atoms with E-state index in [4.69, 9.17) is 8.83 Å². The number of nitrogens with zero attached hydrogens (tertiary/aromatic N) is 2. The number of aromatic nitrogens is 2. The molecular weight excluding hydrogens is 350 g/mol. The van der Waals surface area contributed by atoms with Crippen molar-refractivity contribution in [3.8, 4) is 11.5 Å². The van der Waals surface area contributed by atoms with Crippen molar-refractivity contribution in [1.82, 2.24) is 15.5 Å². The van der Waals surface area contributed by atoms with Gasteiger partial charge >= 0.3 is 0 Å². The SMILES string of the molecule is Cc1occc1-c1nnc(SCC(=O)N[C@H](C)CCc2ccccc2)o1. The summed E-state index contributed by atoms with van der Waals surface area (Å²) in [6.07, 6.45) is 3.41. The molecule has 1 aromatic carbocycles. The van der Waals surface area contributed by atoms with Crippen LogP contribution in [-0.2, 0) is 11.2 Å². The molecule has 136 valence electrons. The van der Waals surface area contributed by atoms with E-state index in [2.05, 4.69) is 27.6 Å². The lowest BCUT2D eigenvalue weighted by Crippen LogP contribution is -2.34. The molecule has 0 radical (unpaired) electrons. The number of benzene rings is 1. The Hall–Kier alpha value is -2.54. The molecule has 0 bridgehead atoms. The maximum atomic E-state index is 12.1. The van der Waals surface area contributed by atoms with E-state index in [0.29, 0.717) is 11.1 Å². The molecule has 1 amide bonds. The van der Waals surface area contributed by atoms with Crippen LogP contribution in [0.2, 0.25) is 0 Å². The Bertz CT molecular complexity index is 845. The molecule has 6 nitrogen and oxygen atoms in total. The summed E-state index contributed by atoms with van der Waals surface area (Å²) in [5, 5.41) is 11.3. The van der Waals surface area contributed by atoms with Gasteiger partial charge in [-0.1, -0.05) is 42.1 Å². The van der Waals surface area contributed by atoms with E-state index in [1.54, 1.807) is 12.3 Å². The second kappa shape index (κ2) is 8.71. The van der Waals surface area contributed by atoms with E-state index >= 15 is 0 Å². The molecule has 0 aliphatic carbocycles. The number of aryl methyl sites for hydroxylation is 2. The Labute approximate surface area is 156 Å². The third-order valence-electron chi connectivity index (χ3n) is 3.94. The van der Waals surface area contributed by atoms with Crippen LogP contribution in [0, 0.1) is 6.92 Å². The zero-order valence-corrected chi connectivity index (χ0v) is 15.6. The van der Waals surface area contributed by atoms with E-state index in [1.165, 1.54) is 17.3 Å². The molecule has 0 aliphatic rings. The minimum absolute atomic E-state index is 0.0465. The summed E-state index contributed by atoms with van der Waals surface area (Å²) in [7, 11) is 0. The van der Waals surface area contributed by atoms with Gasteiger partial charge in [-0.05, 0) is 38.3 Å². The van der Waals surface area contributed by atoms with Crippen molar-refractivity contribution >= 4 is 17.7 Å². The van der Waals surface area contributed by atoms with Gasteiger partial charge in [-0.25, -0.2) is 0 Å². The van der Waals surface area contributed by atoms with Gasteiger partial charge in [0.1, 0.15) is 5.76 Å². The minimum atomic E-state index is -0.0465. The van der Waals surface area contributed by atoms with Crippen LogP contribution in [-0.4, -0.2) is 27.9 Å². The molecule has 3 aromatic rings. The lowest BCUT2D eigenvalue weighted by Gasteiger charge is -2.13. The maximum absolute atomic E-state index is 12.1. The van der Waals surface area contributed by atoms with Gasteiger partial charge in [0.2, 0.25) is 5.91 Å². The highest BCUT2D eigenvalue weighted by Crippen LogP contribution is 2.26. The fourth-order valence-corrected chi connectivity index (χ4v) is 3.10. The summed E-state index contributed by atoms with van der Waals surface area (Å²) in [4.78, 5) is 12.1. The number of nitrogens with one attached hydrogen (secondary N) is 1. The lowest BCUT2D eigenvalue weighted by molar-refractivity contribution is -0.119. The van der Waals surface area contributed by atoms with Crippen LogP contribution in [0.5, 0.6) is 0 Å². The predicted octanol–water partition coefficient (Wildman–Crippen LogP) is 3.87. The molecule has 1 atom stereocenters. The summed E-state index contributed by atoms with van der Waals surface area (Å²) in [6, 6.07) is 12.1. The van der Waals surface area contributed by atoms with E-state index < -0.39 is 0 Å². The Morgan fingerprint density at radius 1 is 1.23 bits per heavy atom. The number of hydrogen-bond acceptors (Lipinski definition) is 6. The zero-order valence-electron chi connectivity index (χ0n) is 14.8. The first kappa shape index (κ1) is 18.3. The average Bonchev–Trinajstić information content (AvgIpc) is 3.27. The molecule has 0 saturated heterocycles. The number of rotatable bonds is 8. The molecule has 0 unspecified atom stereocenters. The maximum Gasteiger partial charge on any atom is 0.277 e. The quantitative estimate of drug-likeness (QED) is 0.606. The van der Waals surface area contributed by atoms with Crippen LogP contribution in [0.25, 0.3) is 11.5 Å². The first-order chi connectivity index (χ1) is 12.6. The van der Waals surface area contributed by atoms with Crippen molar-refractivity contribution in [1.29, 1.82) is 0 Å². The van der Waals surface area contributed by atoms with Gasteiger partial charge in [0.15, 0.2) is 0 Å². The second-order valence-corrected chi connectivity index (χ2v) is 6.97. The third-order valence-corrected chi connectivity index (χ3v) is 4.76. The molecule has 2 aromatic heterocycles. The smallest absolute Gasteiger partial charge is 0.277 e. The summed E-state index contributed by atoms with van der Waals surface area (Å²) in [6.45, 7) is 3.84. The molecule has 2 heterocycles. The molecule has 0 fully saturated rings. The van der Waals surface area contributed by atoms with Gasteiger partial charge < -0.3 is 14.2 Å². The Morgan fingerprint density at radius 3 is 2.77 bits per heavy atom. The van der Waals surface area contributed by atoms with Crippen molar-refractivity contribution in [2.45, 2.75) is 38.0 Å². The third kappa shape index (κ3) is 4.98. The largest absolute Gasteiger partial charge is 0.469 e. The molecular formula is C19H21N3O3S. The van der Waals surface area contributed by atoms with Gasteiger partial charge in [-0.3, -0.25) is 4.79 Å². The monoisotopic (exact) mass is 371 g/mol. The van der Waals surface area contributed by atoms with E-state index in [0.717, 1.165) is 24.2 Å². The van der Waals surface area contributed by atoms with Gasteiger partial charge in [0, 0.05) is 6.04 Å². The molecule has 7 heteroatoms. The number of thioether (sulfide) groups is 1. The highest BCUT2D eigenvalue weighted by atomic mass is 32.2. The van der Waals surface area contributed by atoms with Crippen LogP contribution in [0.1, 0.15) is 24.7 Å². The van der Waals surface area contributed by atoms with Crippen molar-refractivity contribution in [3.63, 3.8) is 0 Å². The summed E-state index contributed by atoms with van der Waals surface area (Å²) in [5.74, 6) is 1.31. The molecule has 1 N–H and O–H groups in total. The van der Waals surface area contributed by atoms with Crippen LogP contribution >= 0.6 is 11.8 Å².